The highest BCUT2D eigenvalue weighted by molar-refractivity contribution is 8.00. The number of hydrogen-bond donors (Lipinski definition) is 2. The average molecular weight is 375 g/mol. The van der Waals surface area contributed by atoms with E-state index in [-0.39, 0.29) is 17.1 Å². The third kappa shape index (κ3) is 5.00. The lowest BCUT2D eigenvalue weighted by molar-refractivity contribution is -0.115. The van der Waals surface area contributed by atoms with Gasteiger partial charge in [0.05, 0.1) is 10.3 Å². The third-order valence-electron chi connectivity index (χ3n) is 3.81. The van der Waals surface area contributed by atoms with Crippen molar-refractivity contribution in [3.8, 4) is 0 Å². The second-order valence-corrected chi connectivity index (χ2v) is 7.80. The number of carbonyl (C=O) groups is 2. The Morgan fingerprint density at radius 2 is 1.92 bits per heavy atom. The molecule has 1 atom stereocenters. The summed E-state index contributed by atoms with van der Waals surface area (Å²) in [6.45, 7) is 1.83. The molecule has 4 nitrogen and oxygen atoms in total. The molecule has 0 aromatic heterocycles. The predicted octanol–water partition coefficient (Wildman–Crippen LogP) is 4.35. The molecule has 1 saturated carbocycles. The van der Waals surface area contributed by atoms with E-state index in [0.717, 1.165) is 17.7 Å². The van der Waals surface area contributed by atoms with E-state index >= 15 is 0 Å². The molecule has 0 spiro atoms. The molecular formula is C19H19ClN2O2S. The highest BCUT2D eigenvalue weighted by Crippen LogP contribution is 2.30. The lowest BCUT2D eigenvalue weighted by Gasteiger charge is -2.13. The summed E-state index contributed by atoms with van der Waals surface area (Å²) in [7, 11) is 0. The number of rotatable bonds is 6. The van der Waals surface area contributed by atoms with Crippen molar-refractivity contribution >= 4 is 40.9 Å². The molecule has 0 radical (unpaired) electrons. The second kappa shape index (κ2) is 7.93. The van der Waals surface area contributed by atoms with Crippen molar-refractivity contribution in [1.29, 1.82) is 0 Å². The summed E-state index contributed by atoms with van der Waals surface area (Å²) in [5.74, 6) is -0.234. The highest BCUT2D eigenvalue weighted by atomic mass is 35.5. The van der Waals surface area contributed by atoms with Gasteiger partial charge < -0.3 is 10.6 Å². The van der Waals surface area contributed by atoms with E-state index in [2.05, 4.69) is 10.6 Å². The Labute approximate surface area is 156 Å². The Balaban J connectivity index is 1.62. The summed E-state index contributed by atoms with van der Waals surface area (Å²) in [6, 6.07) is 14.7. The molecule has 2 aromatic carbocycles. The molecule has 25 heavy (non-hydrogen) atoms. The Hall–Kier alpha value is -1.98. The Bertz CT molecular complexity index is 792. The van der Waals surface area contributed by atoms with Crippen molar-refractivity contribution in [3.05, 3.63) is 59.1 Å². The van der Waals surface area contributed by atoms with Crippen LogP contribution in [0.2, 0.25) is 5.02 Å². The number of halogens is 1. The number of benzene rings is 2. The van der Waals surface area contributed by atoms with Crippen LogP contribution in [-0.4, -0.2) is 23.1 Å². The molecule has 0 saturated heterocycles. The fraction of sp³-hybridized carbons (Fsp3) is 0.263. The standard InChI is InChI=1S/C19H19ClN2O2S/c1-12(25-17-8-3-2-7-16(17)20)18(23)22-15-6-4-5-13(11-15)19(24)21-14-9-10-14/h2-8,11-12,14H,9-10H2,1H3,(H,21,24)(H,22,23). The lowest BCUT2D eigenvalue weighted by atomic mass is 10.2. The molecule has 0 aliphatic heterocycles. The van der Waals surface area contributed by atoms with E-state index < -0.39 is 0 Å². The molecule has 1 fully saturated rings. The zero-order valence-corrected chi connectivity index (χ0v) is 15.4. The molecule has 3 rings (SSSR count). The second-order valence-electron chi connectivity index (χ2n) is 6.01. The monoisotopic (exact) mass is 374 g/mol. The van der Waals surface area contributed by atoms with Gasteiger partial charge in [0.25, 0.3) is 5.91 Å². The normalized spacial score (nSPS) is 14.6. The van der Waals surface area contributed by atoms with Crippen LogP contribution in [0.5, 0.6) is 0 Å². The molecule has 0 heterocycles. The number of anilines is 1. The van der Waals surface area contributed by atoms with Crippen LogP contribution >= 0.6 is 23.4 Å². The summed E-state index contributed by atoms with van der Waals surface area (Å²) in [6.07, 6.45) is 2.08. The maximum Gasteiger partial charge on any atom is 0.251 e. The molecular weight excluding hydrogens is 356 g/mol. The zero-order chi connectivity index (χ0) is 17.8. The summed E-state index contributed by atoms with van der Waals surface area (Å²) in [5.41, 5.74) is 1.16. The quantitative estimate of drug-likeness (QED) is 0.739. The largest absolute Gasteiger partial charge is 0.349 e. The molecule has 6 heteroatoms. The first-order valence-electron chi connectivity index (χ1n) is 8.16. The van der Waals surface area contributed by atoms with Crippen LogP contribution < -0.4 is 10.6 Å². The van der Waals surface area contributed by atoms with Crippen LogP contribution in [0.4, 0.5) is 5.69 Å². The summed E-state index contributed by atoms with van der Waals surface area (Å²) < 4.78 is 0. The van der Waals surface area contributed by atoms with Crippen LogP contribution in [-0.2, 0) is 4.79 Å². The van der Waals surface area contributed by atoms with E-state index in [0.29, 0.717) is 22.3 Å². The SMILES string of the molecule is CC(Sc1ccccc1Cl)C(=O)Nc1cccc(C(=O)NC2CC2)c1. The van der Waals surface area contributed by atoms with Crippen molar-refractivity contribution in [2.45, 2.75) is 36.0 Å². The van der Waals surface area contributed by atoms with Crippen LogP contribution in [0, 0.1) is 0 Å². The van der Waals surface area contributed by atoms with Crippen molar-refractivity contribution in [2.24, 2.45) is 0 Å². The van der Waals surface area contributed by atoms with Crippen LogP contribution in [0.3, 0.4) is 0 Å². The lowest BCUT2D eigenvalue weighted by Crippen LogP contribution is -2.26. The molecule has 2 aromatic rings. The molecule has 0 bridgehead atoms. The summed E-state index contributed by atoms with van der Waals surface area (Å²) in [4.78, 5) is 25.4. The smallest absolute Gasteiger partial charge is 0.251 e. The topological polar surface area (TPSA) is 58.2 Å². The first-order chi connectivity index (χ1) is 12.0. The molecule has 130 valence electrons. The van der Waals surface area contributed by atoms with Gasteiger partial charge in [-0.15, -0.1) is 11.8 Å². The molecule has 1 aliphatic carbocycles. The summed E-state index contributed by atoms with van der Waals surface area (Å²) in [5, 5.41) is 6.12. The van der Waals surface area contributed by atoms with Gasteiger partial charge in [0, 0.05) is 22.2 Å². The van der Waals surface area contributed by atoms with E-state index in [1.807, 2.05) is 25.1 Å². The van der Waals surface area contributed by atoms with Crippen molar-refractivity contribution < 1.29 is 9.59 Å². The summed E-state index contributed by atoms with van der Waals surface area (Å²) >= 11 is 7.54. The molecule has 1 unspecified atom stereocenters. The number of thioether (sulfide) groups is 1. The van der Waals surface area contributed by atoms with E-state index in [1.165, 1.54) is 11.8 Å². The van der Waals surface area contributed by atoms with Crippen LogP contribution in [0.25, 0.3) is 0 Å². The number of nitrogens with one attached hydrogen (secondary N) is 2. The van der Waals surface area contributed by atoms with Crippen LogP contribution in [0.1, 0.15) is 30.1 Å². The molecule has 2 N–H and O–H groups in total. The van der Waals surface area contributed by atoms with Gasteiger partial charge in [-0.25, -0.2) is 0 Å². The van der Waals surface area contributed by atoms with E-state index in [9.17, 15) is 9.59 Å². The minimum atomic E-state index is -0.316. The zero-order valence-electron chi connectivity index (χ0n) is 13.8. The van der Waals surface area contributed by atoms with Gasteiger partial charge in [-0.3, -0.25) is 9.59 Å². The van der Waals surface area contributed by atoms with Crippen LogP contribution in [0.15, 0.2) is 53.4 Å². The fourth-order valence-corrected chi connectivity index (χ4v) is 3.42. The van der Waals surface area contributed by atoms with E-state index in [1.54, 1.807) is 30.3 Å². The minimum Gasteiger partial charge on any atom is -0.349 e. The first-order valence-corrected chi connectivity index (χ1v) is 9.41. The average Bonchev–Trinajstić information content (AvgIpc) is 3.41. The van der Waals surface area contributed by atoms with Gasteiger partial charge in [0.1, 0.15) is 0 Å². The molecule has 1 aliphatic rings. The van der Waals surface area contributed by atoms with Gasteiger partial charge in [-0.1, -0.05) is 29.8 Å². The first kappa shape index (κ1) is 17.8. The Kier molecular flexibility index (Phi) is 5.66. The maximum atomic E-state index is 12.4. The fourth-order valence-electron chi connectivity index (χ4n) is 2.26. The molecule has 2 amide bonds. The predicted molar refractivity (Wildman–Crippen MR) is 102 cm³/mol. The van der Waals surface area contributed by atoms with Gasteiger partial charge in [0.15, 0.2) is 0 Å². The van der Waals surface area contributed by atoms with Crippen molar-refractivity contribution in [2.75, 3.05) is 5.32 Å². The third-order valence-corrected chi connectivity index (χ3v) is 5.43. The van der Waals surface area contributed by atoms with Gasteiger partial charge in [-0.05, 0) is 50.1 Å². The Morgan fingerprint density at radius 1 is 1.16 bits per heavy atom. The highest BCUT2D eigenvalue weighted by Gasteiger charge is 2.24. The number of hydrogen-bond acceptors (Lipinski definition) is 3. The van der Waals surface area contributed by atoms with Gasteiger partial charge >= 0.3 is 0 Å². The van der Waals surface area contributed by atoms with Gasteiger partial charge in [-0.2, -0.15) is 0 Å². The van der Waals surface area contributed by atoms with Crippen molar-refractivity contribution in [1.82, 2.24) is 5.32 Å². The minimum absolute atomic E-state index is 0.0999. The van der Waals surface area contributed by atoms with Crippen molar-refractivity contribution in [3.63, 3.8) is 0 Å². The number of amides is 2. The van der Waals surface area contributed by atoms with E-state index in [4.69, 9.17) is 11.6 Å². The maximum absolute atomic E-state index is 12.4. The Morgan fingerprint density at radius 3 is 2.64 bits per heavy atom. The van der Waals surface area contributed by atoms with Gasteiger partial charge in [0.2, 0.25) is 5.91 Å². The number of carbonyl (C=O) groups excluding carboxylic acids is 2.